The Morgan fingerprint density at radius 3 is 2.46 bits per heavy atom. The molecule has 72 valence electrons. The van der Waals surface area contributed by atoms with Crippen LogP contribution in [0.2, 0.25) is 0 Å². The number of methoxy groups -OCH3 is 1. The third-order valence-electron chi connectivity index (χ3n) is 1.36. The largest absolute Gasteiger partial charge is 0.497 e. The maximum Gasteiger partial charge on any atom is 0.332 e. The SMILES string of the molecule is COc1cc(Br)cc(S(=O)(=O)F)c1. The van der Waals surface area contributed by atoms with E-state index in [1.54, 1.807) is 0 Å². The summed E-state index contributed by atoms with van der Waals surface area (Å²) in [4.78, 5) is -0.418. The fourth-order valence-corrected chi connectivity index (χ4v) is 1.94. The summed E-state index contributed by atoms with van der Waals surface area (Å²) in [6.45, 7) is 0. The van der Waals surface area contributed by atoms with E-state index in [2.05, 4.69) is 15.9 Å². The van der Waals surface area contributed by atoms with E-state index in [1.165, 1.54) is 13.2 Å². The quantitative estimate of drug-likeness (QED) is 0.772. The van der Waals surface area contributed by atoms with Crippen LogP contribution in [0.5, 0.6) is 5.75 Å². The molecule has 0 fully saturated rings. The summed E-state index contributed by atoms with van der Waals surface area (Å²) in [5.74, 6) is 0.283. The predicted octanol–water partition coefficient (Wildman–Crippen LogP) is 2.12. The van der Waals surface area contributed by atoms with Gasteiger partial charge in [-0.05, 0) is 12.1 Å². The Morgan fingerprint density at radius 1 is 1.38 bits per heavy atom. The normalized spacial score (nSPS) is 11.3. The summed E-state index contributed by atoms with van der Waals surface area (Å²) < 4.78 is 38.8. The van der Waals surface area contributed by atoms with Crippen LogP contribution in [0.3, 0.4) is 0 Å². The molecule has 1 rings (SSSR count). The summed E-state index contributed by atoms with van der Waals surface area (Å²) in [7, 11) is -3.30. The summed E-state index contributed by atoms with van der Waals surface area (Å²) >= 11 is 3.04. The molecule has 0 spiro atoms. The molecule has 0 aliphatic carbocycles. The van der Waals surface area contributed by atoms with Crippen LogP contribution in [-0.4, -0.2) is 15.5 Å². The Hall–Kier alpha value is -0.620. The molecule has 1 aromatic rings. The van der Waals surface area contributed by atoms with Crippen molar-refractivity contribution in [2.75, 3.05) is 7.11 Å². The van der Waals surface area contributed by atoms with Crippen LogP contribution < -0.4 is 4.74 Å². The third-order valence-corrected chi connectivity index (χ3v) is 2.62. The van der Waals surface area contributed by atoms with Crippen molar-refractivity contribution >= 4 is 26.2 Å². The standard InChI is InChI=1S/C7H6BrFO3S/c1-12-6-2-5(8)3-7(4-6)13(9,10)11/h2-4H,1H3. The van der Waals surface area contributed by atoms with Crippen molar-refractivity contribution in [2.24, 2.45) is 0 Å². The Morgan fingerprint density at radius 2 is 2.00 bits per heavy atom. The zero-order chi connectivity index (χ0) is 10.1. The second-order valence-electron chi connectivity index (χ2n) is 2.26. The molecule has 0 aromatic heterocycles. The molecule has 0 saturated heterocycles. The fraction of sp³-hybridized carbons (Fsp3) is 0.143. The molecule has 0 atom stereocenters. The molecule has 0 amide bonds. The third kappa shape index (κ3) is 2.67. The topological polar surface area (TPSA) is 43.4 Å². The number of hydrogen-bond acceptors (Lipinski definition) is 3. The van der Waals surface area contributed by atoms with Crippen LogP contribution in [0.15, 0.2) is 27.6 Å². The monoisotopic (exact) mass is 268 g/mol. The average Bonchev–Trinajstić information content (AvgIpc) is 2.01. The van der Waals surface area contributed by atoms with E-state index in [0.717, 1.165) is 12.1 Å². The predicted molar refractivity (Wildman–Crippen MR) is 49.0 cm³/mol. The molecular formula is C7H6BrFO3S. The molecule has 0 aliphatic heterocycles. The van der Waals surface area contributed by atoms with Crippen molar-refractivity contribution in [3.63, 3.8) is 0 Å². The lowest BCUT2D eigenvalue weighted by molar-refractivity contribution is 0.413. The molecule has 1 aromatic carbocycles. The summed E-state index contributed by atoms with van der Waals surface area (Å²) in [6.07, 6.45) is 0. The van der Waals surface area contributed by atoms with Gasteiger partial charge in [-0.1, -0.05) is 15.9 Å². The molecule has 0 radical (unpaired) electrons. The molecule has 13 heavy (non-hydrogen) atoms. The Balaban J connectivity index is 3.33. The molecule has 0 unspecified atom stereocenters. The Kier molecular flexibility index (Phi) is 2.92. The van der Waals surface area contributed by atoms with Crippen LogP contribution in [0.4, 0.5) is 3.89 Å². The molecule has 0 aliphatic rings. The van der Waals surface area contributed by atoms with Gasteiger partial charge in [0.2, 0.25) is 0 Å². The maximum atomic E-state index is 12.5. The van der Waals surface area contributed by atoms with Crippen LogP contribution in [-0.2, 0) is 10.2 Å². The van der Waals surface area contributed by atoms with Crippen molar-refractivity contribution in [3.8, 4) is 5.75 Å². The molecule has 0 heterocycles. The average molecular weight is 269 g/mol. The van der Waals surface area contributed by atoms with Crippen molar-refractivity contribution in [3.05, 3.63) is 22.7 Å². The van der Waals surface area contributed by atoms with E-state index in [0.29, 0.717) is 4.47 Å². The first-order chi connectivity index (χ1) is 5.93. The van der Waals surface area contributed by atoms with Gasteiger partial charge in [-0.2, -0.15) is 8.42 Å². The molecular weight excluding hydrogens is 263 g/mol. The molecule has 6 heteroatoms. The minimum atomic E-state index is -4.67. The highest BCUT2D eigenvalue weighted by Crippen LogP contribution is 2.25. The smallest absolute Gasteiger partial charge is 0.332 e. The van der Waals surface area contributed by atoms with Gasteiger partial charge in [-0.25, -0.2) is 0 Å². The van der Waals surface area contributed by atoms with E-state index in [4.69, 9.17) is 4.74 Å². The number of rotatable bonds is 2. The van der Waals surface area contributed by atoms with Gasteiger partial charge in [0.15, 0.2) is 0 Å². The van der Waals surface area contributed by atoms with E-state index in [9.17, 15) is 12.3 Å². The highest BCUT2D eigenvalue weighted by molar-refractivity contribution is 9.10. The van der Waals surface area contributed by atoms with Crippen LogP contribution in [0.25, 0.3) is 0 Å². The first-order valence-electron chi connectivity index (χ1n) is 3.23. The first-order valence-corrected chi connectivity index (χ1v) is 5.40. The number of hydrogen-bond donors (Lipinski definition) is 0. The van der Waals surface area contributed by atoms with E-state index >= 15 is 0 Å². The number of ether oxygens (including phenoxy) is 1. The number of halogens is 2. The van der Waals surface area contributed by atoms with Gasteiger partial charge >= 0.3 is 10.2 Å². The van der Waals surface area contributed by atoms with Gasteiger partial charge in [-0.3, -0.25) is 0 Å². The summed E-state index contributed by atoms with van der Waals surface area (Å²) in [6, 6.07) is 3.81. The second-order valence-corrected chi connectivity index (χ2v) is 4.53. The Labute approximate surface area is 83.9 Å². The lowest BCUT2D eigenvalue weighted by Crippen LogP contribution is -1.93. The van der Waals surface area contributed by atoms with Gasteiger partial charge in [0.1, 0.15) is 10.6 Å². The van der Waals surface area contributed by atoms with Crippen molar-refractivity contribution in [1.29, 1.82) is 0 Å². The van der Waals surface area contributed by atoms with E-state index in [-0.39, 0.29) is 5.75 Å². The van der Waals surface area contributed by atoms with Gasteiger partial charge in [0.05, 0.1) is 7.11 Å². The van der Waals surface area contributed by atoms with Gasteiger partial charge in [0, 0.05) is 10.5 Å². The zero-order valence-electron chi connectivity index (χ0n) is 6.62. The van der Waals surface area contributed by atoms with Gasteiger partial charge in [0.25, 0.3) is 0 Å². The first kappa shape index (κ1) is 10.5. The van der Waals surface area contributed by atoms with Crippen LogP contribution >= 0.6 is 15.9 Å². The summed E-state index contributed by atoms with van der Waals surface area (Å²) in [5.41, 5.74) is 0. The zero-order valence-corrected chi connectivity index (χ0v) is 9.02. The molecule has 0 saturated carbocycles. The van der Waals surface area contributed by atoms with E-state index < -0.39 is 15.1 Å². The summed E-state index contributed by atoms with van der Waals surface area (Å²) in [5, 5.41) is 0. The molecule has 0 N–H and O–H groups in total. The number of benzene rings is 1. The van der Waals surface area contributed by atoms with Gasteiger partial charge < -0.3 is 4.74 Å². The molecule has 3 nitrogen and oxygen atoms in total. The Bertz CT molecular complexity index is 416. The maximum absolute atomic E-state index is 12.5. The van der Waals surface area contributed by atoms with Crippen molar-refractivity contribution < 1.29 is 17.0 Å². The fourth-order valence-electron chi connectivity index (χ4n) is 0.796. The minimum Gasteiger partial charge on any atom is -0.497 e. The highest BCUT2D eigenvalue weighted by Gasteiger charge is 2.13. The lowest BCUT2D eigenvalue weighted by Gasteiger charge is -2.02. The molecule has 0 bridgehead atoms. The van der Waals surface area contributed by atoms with Crippen molar-refractivity contribution in [2.45, 2.75) is 4.90 Å². The lowest BCUT2D eigenvalue weighted by atomic mass is 10.3. The second kappa shape index (κ2) is 3.63. The van der Waals surface area contributed by atoms with E-state index in [1.807, 2.05) is 0 Å². The van der Waals surface area contributed by atoms with Crippen LogP contribution in [0.1, 0.15) is 0 Å². The minimum absolute atomic E-state index is 0.283. The highest BCUT2D eigenvalue weighted by atomic mass is 79.9. The van der Waals surface area contributed by atoms with Gasteiger partial charge in [-0.15, -0.1) is 3.89 Å². The van der Waals surface area contributed by atoms with Crippen LogP contribution in [0, 0.1) is 0 Å². The van der Waals surface area contributed by atoms with Crippen molar-refractivity contribution in [1.82, 2.24) is 0 Å².